The van der Waals surface area contributed by atoms with Gasteiger partial charge in [-0.1, -0.05) is 11.6 Å². The molecule has 0 fully saturated rings. The van der Waals surface area contributed by atoms with Gasteiger partial charge in [0.2, 0.25) is 5.15 Å². The molecule has 1 aromatic rings. The highest BCUT2D eigenvalue weighted by molar-refractivity contribution is 6.32. The van der Waals surface area contributed by atoms with Crippen LogP contribution in [0.4, 0.5) is 5.69 Å². The molecule has 9 nitrogen and oxygen atoms in total. The lowest BCUT2D eigenvalue weighted by atomic mass is 10.2. The Morgan fingerprint density at radius 2 is 2.21 bits per heavy atom. The highest BCUT2D eigenvalue weighted by Gasteiger charge is 2.27. The van der Waals surface area contributed by atoms with E-state index in [4.69, 9.17) is 21.8 Å². The Morgan fingerprint density at radius 1 is 1.58 bits per heavy atom. The molecule has 10 heteroatoms. The van der Waals surface area contributed by atoms with Crippen LogP contribution in [-0.2, 0) is 4.79 Å². The van der Waals surface area contributed by atoms with Crippen LogP contribution in [0, 0.1) is 10.1 Å². The summed E-state index contributed by atoms with van der Waals surface area (Å²) in [5, 5.41) is 29.6. The van der Waals surface area contributed by atoms with E-state index in [9.17, 15) is 19.7 Å². The molecule has 1 amide bonds. The summed E-state index contributed by atoms with van der Waals surface area (Å²) >= 11 is 5.50. The van der Waals surface area contributed by atoms with Gasteiger partial charge in [-0.15, -0.1) is 0 Å². The van der Waals surface area contributed by atoms with Crippen LogP contribution in [0.5, 0.6) is 0 Å². The third-order valence-electron chi connectivity index (χ3n) is 2.09. The van der Waals surface area contributed by atoms with Gasteiger partial charge in [-0.2, -0.15) is 0 Å². The lowest BCUT2D eigenvalue weighted by molar-refractivity contribution is -0.385. The predicted octanol–water partition coefficient (Wildman–Crippen LogP) is -0.182. The number of nitro groups is 1. The van der Waals surface area contributed by atoms with Gasteiger partial charge in [-0.25, -0.2) is 9.78 Å². The number of hydrogen-bond donors (Lipinski definition) is 3. The molecule has 0 saturated carbocycles. The summed E-state index contributed by atoms with van der Waals surface area (Å²) in [6.45, 7) is -0.853. The monoisotopic (exact) mass is 289 g/mol. The number of carbonyl (C=O) groups excluding carboxylic acids is 1. The molecule has 0 spiro atoms. The molecular weight excluding hydrogens is 282 g/mol. The maximum absolute atomic E-state index is 11.7. The van der Waals surface area contributed by atoms with E-state index < -0.39 is 45.9 Å². The van der Waals surface area contributed by atoms with Gasteiger partial charge < -0.3 is 15.5 Å². The number of amides is 1. The Hall–Kier alpha value is -2.26. The van der Waals surface area contributed by atoms with Crippen LogP contribution in [0.25, 0.3) is 0 Å². The van der Waals surface area contributed by atoms with E-state index in [2.05, 4.69) is 4.98 Å². The zero-order valence-electron chi connectivity index (χ0n) is 9.24. The fourth-order valence-electron chi connectivity index (χ4n) is 1.21. The highest BCUT2D eigenvalue weighted by Crippen LogP contribution is 2.25. The molecule has 1 aromatic heterocycles. The van der Waals surface area contributed by atoms with Crippen molar-refractivity contribution in [3.05, 3.63) is 33.1 Å². The van der Waals surface area contributed by atoms with Gasteiger partial charge >= 0.3 is 11.7 Å². The number of hydrogen-bond acceptors (Lipinski definition) is 6. The summed E-state index contributed by atoms with van der Waals surface area (Å²) in [4.78, 5) is 35.7. The summed E-state index contributed by atoms with van der Waals surface area (Å²) in [5.74, 6) is -2.52. The molecule has 102 valence electrons. The van der Waals surface area contributed by atoms with E-state index in [1.807, 2.05) is 5.32 Å². The Balaban J connectivity index is 3.10. The number of aliphatic hydroxyl groups excluding tert-OH is 1. The van der Waals surface area contributed by atoms with Crippen molar-refractivity contribution in [1.82, 2.24) is 10.3 Å². The second kappa shape index (κ2) is 6.07. The summed E-state index contributed by atoms with van der Waals surface area (Å²) in [7, 11) is 0. The molecule has 0 bridgehead atoms. The van der Waals surface area contributed by atoms with Gasteiger partial charge in [0.25, 0.3) is 5.91 Å². The van der Waals surface area contributed by atoms with Crippen LogP contribution in [-0.4, -0.2) is 44.6 Å². The van der Waals surface area contributed by atoms with Crippen LogP contribution in [0.15, 0.2) is 12.3 Å². The first-order chi connectivity index (χ1) is 8.88. The molecule has 1 heterocycles. The molecule has 3 N–H and O–H groups in total. The number of aliphatic carboxylic acids is 1. The maximum Gasteiger partial charge on any atom is 0.328 e. The number of nitrogens with zero attached hydrogens (tertiary/aromatic N) is 2. The lowest BCUT2D eigenvalue weighted by Gasteiger charge is -2.11. The quantitative estimate of drug-likeness (QED) is 0.387. The number of rotatable bonds is 5. The average molecular weight is 290 g/mol. The number of aliphatic hydroxyl groups is 1. The standard InChI is InChI=1S/C9H8ClN3O6/c10-7-6(13(18)19)4(1-2-11-7)8(15)12-5(3-14)9(16)17/h1-2,5,14H,3H2,(H,12,15)(H,16,17). The fraction of sp³-hybridized carbons (Fsp3) is 0.222. The average Bonchev–Trinajstić information content (AvgIpc) is 2.34. The zero-order chi connectivity index (χ0) is 14.6. The minimum absolute atomic E-state index is 0.440. The third-order valence-corrected chi connectivity index (χ3v) is 2.37. The molecule has 0 aliphatic carbocycles. The maximum atomic E-state index is 11.7. The first-order valence-electron chi connectivity index (χ1n) is 4.82. The Labute approximate surface area is 111 Å². The van der Waals surface area contributed by atoms with Crippen molar-refractivity contribution in [1.29, 1.82) is 0 Å². The Morgan fingerprint density at radius 3 is 2.68 bits per heavy atom. The number of nitrogens with one attached hydrogen (secondary N) is 1. The van der Waals surface area contributed by atoms with Crippen molar-refractivity contribution in [2.24, 2.45) is 0 Å². The highest BCUT2D eigenvalue weighted by atomic mass is 35.5. The molecule has 1 rings (SSSR count). The van der Waals surface area contributed by atoms with Gasteiger partial charge in [0.05, 0.1) is 11.5 Å². The zero-order valence-corrected chi connectivity index (χ0v) is 9.99. The number of carboxylic acid groups (broad SMARTS) is 1. The molecular formula is C9H8ClN3O6. The largest absolute Gasteiger partial charge is 0.480 e. The number of aromatic nitrogens is 1. The molecule has 0 saturated heterocycles. The van der Waals surface area contributed by atoms with Crippen LogP contribution in [0.3, 0.4) is 0 Å². The molecule has 19 heavy (non-hydrogen) atoms. The first-order valence-corrected chi connectivity index (χ1v) is 5.19. The van der Waals surface area contributed by atoms with Crippen molar-refractivity contribution in [3.63, 3.8) is 0 Å². The van der Waals surface area contributed by atoms with Crippen molar-refractivity contribution in [2.75, 3.05) is 6.61 Å². The molecule has 0 radical (unpaired) electrons. The third kappa shape index (κ3) is 3.36. The van der Waals surface area contributed by atoms with Crippen LogP contribution in [0.1, 0.15) is 10.4 Å². The number of carboxylic acids is 1. The second-order valence-electron chi connectivity index (χ2n) is 3.30. The summed E-state index contributed by atoms with van der Waals surface area (Å²) in [5.41, 5.74) is -1.17. The number of pyridine rings is 1. The van der Waals surface area contributed by atoms with E-state index in [-0.39, 0.29) is 0 Å². The van der Waals surface area contributed by atoms with Gasteiger partial charge in [0, 0.05) is 6.20 Å². The van der Waals surface area contributed by atoms with E-state index >= 15 is 0 Å². The van der Waals surface area contributed by atoms with Crippen molar-refractivity contribution in [3.8, 4) is 0 Å². The van der Waals surface area contributed by atoms with Gasteiger partial charge in [-0.3, -0.25) is 14.9 Å². The minimum atomic E-state index is -1.57. The Kier molecular flexibility index (Phi) is 4.73. The van der Waals surface area contributed by atoms with Crippen LogP contribution in [0.2, 0.25) is 5.15 Å². The first kappa shape index (κ1) is 14.8. The van der Waals surface area contributed by atoms with E-state index in [0.29, 0.717) is 0 Å². The van der Waals surface area contributed by atoms with Gasteiger partial charge in [0.1, 0.15) is 5.56 Å². The fourth-order valence-corrected chi connectivity index (χ4v) is 1.43. The van der Waals surface area contributed by atoms with Crippen molar-refractivity contribution >= 4 is 29.2 Å². The number of carbonyl (C=O) groups is 2. The summed E-state index contributed by atoms with van der Waals surface area (Å²) < 4.78 is 0. The molecule has 1 unspecified atom stereocenters. The van der Waals surface area contributed by atoms with Gasteiger partial charge in [-0.05, 0) is 6.07 Å². The van der Waals surface area contributed by atoms with Crippen LogP contribution < -0.4 is 5.32 Å². The summed E-state index contributed by atoms with van der Waals surface area (Å²) in [6.07, 6.45) is 1.07. The minimum Gasteiger partial charge on any atom is -0.480 e. The number of halogens is 1. The van der Waals surface area contributed by atoms with E-state index in [1.54, 1.807) is 0 Å². The van der Waals surface area contributed by atoms with Gasteiger partial charge in [0.15, 0.2) is 6.04 Å². The molecule has 0 aliphatic rings. The molecule has 0 aromatic carbocycles. The Bertz CT molecular complexity index is 535. The van der Waals surface area contributed by atoms with Crippen molar-refractivity contribution < 1.29 is 24.7 Å². The van der Waals surface area contributed by atoms with Crippen molar-refractivity contribution in [2.45, 2.75) is 6.04 Å². The van der Waals surface area contributed by atoms with E-state index in [1.165, 1.54) is 0 Å². The lowest BCUT2D eigenvalue weighted by Crippen LogP contribution is -2.43. The van der Waals surface area contributed by atoms with Crippen LogP contribution >= 0.6 is 11.6 Å². The summed E-state index contributed by atoms with van der Waals surface area (Å²) in [6, 6.07) is -0.547. The second-order valence-corrected chi connectivity index (χ2v) is 3.66. The normalized spacial score (nSPS) is 11.7. The predicted molar refractivity (Wildman–Crippen MR) is 61.9 cm³/mol. The topological polar surface area (TPSA) is 143 Å². The smallest absolute Gasteiger partial charge is 0.328 e. The molecule has 0 aliphatic heterocycles. The SMILES string of the molecule is O=C(NC(CO)C(=O)O)c1ccnc(Cl)c1[N+](=O)[O-]. The van der Waals surface area contributed by atoms with E-state index in [0.717, 1.165) is 12.3 Å². The molecule has 1 atom stereocenters.